The van der Waals surface area contributed by atoms with Gasteiger partial charge in [-0.1, -0.05) is 70.2 Å². The van der Waals surface area contributed by atoms with Gasteiger partial charge in [-0.25, -0.2) is 0 Å². The van der Waals surface area contributed by atoms with E-state index in [1.807, 2.05) is 55.5 Å². The molecule has 0 aliphatic rings. The zero-order chi connectivity index (χ0) is 19.3. The molecule has 2 aromatic rings. The second-order valence-electron chi connectivity index (χ2n) is 7.14. The van der Waals surface area contributed by atoms with E-state index in [9.17, 15) is 10.1 Å². The molecule has 3 nitrogen and oxygen atoms in total. The molecule has 3 heteroatoms. The van der Waals surface area contributed by atoms with Gasteiger partial charge in [-0.05, 0) is 47.1 Å². The lowest BCUT2D eigenvalue weighted by atomic mass is 9.98. The fourth-order valence-corrected chi connectivity index (χ4v) is 2.82. The molecule has 0 unspecified atom stereocenters. The third-order valence-corrected chi connectivity index (χ3v) is 4.44. The lowest BCUT2D eigenvalue weighted by Gasteiger charge is -2.16. The van der Waals surface area contributed by atoms with Crippen molar-refractivity contribution < 1.29 is 4.79 Å². The summed E-state index contributed by atoms with van der Waals surface area (Å²) in [7, 11) is 0. The van der Waals surface area contributed by atoms with Crippen LogP contribution < -0.4 is 5.32 Å². The second kappa shape index (κ2) is 8.49. The first-order chi connectivity index (χ1) is 12.3. The van der Waals surface area contributed by atoms with E-state index >= 15 is 0 Å². The number of nitrogens with zero attached hydrogens (tertiary/aromatic N) is 1. The molecular formula is C23H26N2O. The maximum Gasteiger partial charge on any atom is 0.266 e. The first-order valence-electron chi connectivity index (χ1n) is 8.96. The molecule has 0 heterocycles. The van der Waals surface area contributed by atoms with Crippen molar-refractivity contribution in [3.63, 3.8) is 0 Å². The Hall–Kier alpha value is -2.86. The summed E-state index contributed by atoms with van der Waals surface area (Å²) < 4.78 is 0. The van der Waals surface area contributed by atoms with Crippen molar-refractivity contribution in [1.82, 2.24) is 0 Å². The molecule has 0 aliphatic heterocycles. The van der Waals surface area contributed by atoms with Crippen LogP contribution in [0.2, 0.25) is 0 Å². The fraction of sp³-hybridized carbons (Fsp3) is 0.304. The lowest BCUT2D eigenvalue weighted by Crippen LogP contribution is -2.16. The van der Waals surface area contributed by atoms with Crippen molar-refractivity contribution >= 4 is 17.7 Å². The van der Waals surface area contributed by atoms with Crippen molar-refractivity contribution in [2.75, 3.05) is 5.32 Å². The van der Waals surface area contributed by atoms with Gasteiger partial charge in [-0.15, -0.1) is 0 Å². The molecule has 0 saturated heterocycles. The number of rotatable bonds is 5. The summed E-state index contributed by atoms with van der Waals surface area (Å²) in [5.41, 5.74) is 5.02. The molecule has 26 heavy (non-hydrogen) atoms. The SMILES string of the molecule is Cc1cccc(C(C)C)c1NC(=O)/C(C#N)=C/c1ccc(C(C)C)cc1. The van der Waals surface area contributed by atoms with E-state index in [2.05, 4.69) is 33.0 Å². The van der Waals surface area contributed by atoms with E-state index in [-0.39, 0.29) is 17.4 Å². The molecule has 0 bridgehead atoms. The minimum Gasteiger partial charge on any atom is -0.321 e. The van der Waals surface area contributed by atoms with Gasteiger partial charge in [0.15, 0.2) is 0 Å². The molecule has 0 aliphatic carbocycles. The quantitative estimate of drug-likeness (QED) is 0.550. The molecular weight excluding hydrogens is 320 g/mol. The van der Waals surface area contributed by atoms with Crippen LogP contribution >= 0.6 is 0 Å². The zero-order valence-corrected chi connectivity index (χ0v) is 16.1. The molecule has 134 valence electrons. The van der Waals surface area contributed by atoms with Crippen LogP contribution in [0.5, 0.6) is 0 Å². The van der Waals surface area contributed by atoms with E-state index in [1.165, 1.54) is 5.56 Å². The zero-order valence-electron chi connectivity index (χ0n) is 16.1. The van der Waals surface area contributed by atoms with E-state index in [0.717, 1.165) is 22.4 Å². The molecule has 0 atom stereocenters. The number of para-hydroxylation sites is 1. The molecule has 0 saturated carbocycles. The number of nitriles is 1. The Balaban J connectivity index is 2.29. The highest BCUT2D eigenvalue weighted by molar-refractivity contribution is 6.10. The summed E-state index contributed by atoms with van der Waals surface area (Å²) in [6.45, 7) is 10.4. The Labute approximate surface area is 156 Å². The predicted octanol–water partition coefficient (Wildman–Crippen LogP) is 5.79. The molecule has 0 spiro atoms. The summed E-state index contributed by atoms with van der Waals surface area (Å²) in [6.07, 6.45) is 1.63. The Morgan fingerprint density at radius 1 is 1.04 bits per heavy atom. The normalized spacial score (nSPS) is 11.5. The van der Waals surface area contributed by atoms with Crippen LogP contribution in [0.25, 0.3) is 6.08 Å². The van der Waals surface area contributed by atoms with Crippen LogP contribution in [0.3, 0.4) is 0 Å². The molecule has 2 aromatic carbocycles. The van der Waals surface area contributed by atoms with E-state index in [0.29, 0.717) is 5.92 Å². The monoisotopic (exact) mass is 346 g/mol. The third-order valence-electron chi connectivity index (χ3n) is 4.44. The van der Waals surface area contributed by atoms with Crippen LogP contribution in [0.1, 0.15) is 61.8 Å². The van der Waals surface area contributed by atoms with Gasteiger partial charge in [-0.2, -0.15) is 5.26 Å². The van der Waals surface area contributed by atoms with Crippen molar-refractivity contribution in [1.29, 1.82) is 5.26 Å². The maximum absolute atomic E-state index is 12.6. The Morgan fingerprint density at radius 3 is 2.23 bits per heavy atom. The van der Waals surface area contributed by atoms with Crippen LogP contribution in [0, 0.1) is 18.3 Å². The smallest absolute Gasteiger partial charge is 0.266 e. The largest absolute Gasteiger partial charge is 0.321 e. The number of aryl methyl sites for hydroxylation is 1. The standard InChI is InChI=1S/C23H26N2O/c1-15(2)19-11-9-18(10-12-19)13-20(14-24)23(26)25-22-17(5)7-6-8-21(22)16(3)4/h6-13,15-16H,1-5H3,(H,25,26)/b20-13+. The number of nitrogens with one attached hydrogen (secondary N) is 1. The Kier molecular flexibility index (Phi) is 6.36. The fourth-order valence-electron chi connectivity index (χ4n) is 2.82. The van der Waals surface area contributed by atoms with Crippen LogP contribution in [0.15, 0.2) is 48.0 Å². The summed E-state index contributed by atoms with van der Waals surface area (Å²) in [5, 5.41) is 12.4. The van der Waals surface area contributed by atoms with Gasteiger partial charge in [0.05, 0.1) is 0 Å². The highest BCUT2D eigenvalue weighted by Gasteiger charge is 2.15. The molecule has 0 radical (unpaired) electrons. The van der Waals surface area contributed by atoms with E-state index in [1.54, 1.807) is 6.08 Å². The van der Waals surface area contributed by atoms with Crippen molar-refractivity contribution in [3.8, 4) is 6.07 Å². The van der Waals surface area contributed by atoms with Crippen molar-refractivity contribution in [2.45, 2.75) is 46.5 Å². The summed E-state index contributed by atoms with van der Waals surface area (Å²) in [5.74, 6) is 0.349. The topological polar surface area (TPSA) is 52.9 Å². The number of amides is 1. The van der Waals surface area contributed by atoms with Gasteiger partial charge >= 0.3 is 0 Å². The predicted molar refractivity (Wildman–Crippen MR) is 108 cm³/mol. The highest BCUT2D eigenvalue weighted by atomic mass is 16.1. The summed E-state index contributed by atoms with van der Waals surface area (Å²) in [6, 6.07) is 15.9. The first kappa shape index (κ1) is 19.5. The number of anilines is 1. The number of carbonyl (C=O) groups is 1. The maximum atomic E-state index is 12.6. The Morgan fingerprint density at radius 2 is 1.69 bits per heavy atom. The highest BCUT2D eigenvalue weighted by Crippen LogP contribution is 2.28. The Bertz CT molecular complexity index is 853. The number of benzene rings is 2. The molecule has 0 aromatic heterocycles. The van der Waals surface area contributed by atoms with Crippen molar-refractivity contribution in [2.24, 2.45) is 0 Å². The van der Waals surface area contributed by atoms with Gasteiger partial charge in [0.1, 0.15) is 11.6 Å². The lowest BCUT2D eigenvalue weighted by molar-refractivity contribution is -0.112. The van der Waals surface area contributed by atoms with E-state index in [4.69, 9.17) is 0 Å². The van der Waals surface area contributed by atoms with E-state index < -0.39 is 0 Å². The molecule has 1 N–H and O–H groups in total. The number of hydrogen-bond acceptors (Lipinski definition) is 2. The number of carbonyl (C=O) groups excluding carboxylic acids is 1. The molecule has 1 amide bonds. The minimum absolute atomic E-state index is 0.0975. The third kappa shape index (κ3) is 4.61. The summed E-state index contributed by atoms with van der Waals surface area (Å²) >= 11 is 0. The van der Waals surface area contributed by atoms with Gasteiger partial charge in [0, 0.05) is 5.69 Å². The van der Waals surface area contributed by atoms with Crippen LogP contribution in [-0.2, 0) is 4.79 Å². The van der Waals surface area contributed by atoms with Crippen LogP contribution in [0.4, 0.5) is 5.69 Å². The van der Waals surface area contributed by atoms with Gasteiger partial charge in [0.25, 0.3) is 5.91 Å². The minimum atomic E-state index is -0.378. The second-order valence-corrected chi connectivity index (χ2v) is 7.14. The first-order valence-corrected chi connectivity index (χ1v) is 8.96. The van der Waals surface area contributed by atoms with Gasteiger partial charge < -0.3 is 5.32 Å². The number of hydrogen-bond donors (Lipinski definition) is 1. The molecule has 2 rings (SSSR count). The van der Waals surface area contributed by atoms with Crippen LogP contribution in [-0.4, -0.2) is 5.91 Å². The van der Waals surface area contributed by atoms with Crippen molar-refractivity contribution in [3.05, 3.63) is 70.3 Å². The molecule has 0 fully saturated rings. The average molecular weight is 346 g/mol. The van der Waals surface area contributed by atoms with Gasteiger partial charge in [-0.3, -0.25) is 4.79 Å². The average Bonchev–Trinajstić information content (AvgIpc) is 2.61. The van der Waals surface area contributed by atoms with Gasteiger partial charge in [0.2, 0.25) is 0 Å². The summed E-state index contributed by atoms with van der Waals surface area (Å²) in [4.78, 5) is 12.6.